The molecule has 7 heteroatoms. The molecule has 1 amide bonds. The van der Waals surface area contributed by atoms with E-state index in [9.17, 15) is 4.79 Å². The van der Waals surface area contributed by atoms with Crippen LogP contribution in [-0.2, 0) is 17.6 Å². The molecule has 4 heterocycles. The lowest BCUT2D eigenvalue weighted by atomic mass is 9.95. The second kappa shape index (κ2) is 8.08. The molecular formula is C20H24N4O2S. The Morgan fingerprint density at radius 3 is 2.96 bits per heavy atom. The SMILES string of the molecule is CCc1cc2c(N3CCC(C(=O)NCCc4ccco4)CC3)ncnc2s1. The van der Waals surface area contributed by atoms with Gasteiger partial charge in [0.1, 0.15) is 22.7 Å². The molecular weight excluding hydrogens is 360 g/mol. The van der Waals surface area contributed by atoms with Gasteiger partial charge >= 0.3 is 0 Å². The quantitative estimate of drug-likeness (QED) is 0.705. The molecule has 0 saturated carbocycles. The van der Waals surface area contributed by atoms with Crippen molar-refractivity contribution in [2.45, 2.75) is 32.6 Å². The van der Waals surface area contributed by atoms with Crippen LogP contribution in [0, 0.1) is 5.92 Å². The van der Waals surface area contributed by atoms with Crippen molar-refractivity contribution in [3.05, 3.63) is 41.4 Å². The summed E-state index contributed by atoms with van der Waals surface area (Å²) >= 11 is 1.74. The number of rotatable bonds is 6. The van der Waals surface area contributed by atoms with E-state index in [1.807, 2.05) is 12.1 Å². The molecule has 0 spiro atoms. The zero-order valence-corrected chi connectivity index (χ0v) is 16.3. The third-order valence-electron chi connectivity index (χ3n) is 5.12. The van der Waals surface area contributed by atoms with Gasteiger partial charge in [0.2, 0.25) is 5.91 Å². The zero-order valence-electron chi connectivity index (χ0n) is 15.5. The Morgan fingerprint density at radius 2 is 2.22 bits per heavy atom. The highest BCUT2D eigenvalue weighted by Crippen LogP contribution is 2.32. The number of anilines is 1. The molecule has 1 fully saturated rings. The second-order valence-corrected chi connectivity index (χ2v) is 7.98. The van der Waals surface area contributed by atoms with E-state index < -0.39 is 0 Å². The second-order valence-electron chi connectivity index (χ2n) is 6.86. The molecule has 3 aromatic rings. The molecule has 1 N–H and O–H groups in total. The normalized spacial score (nSPS) is 15.4. The van der Waals surface area contributed by atoms with Gasteiger partial charge < -0.3 is 14.6 Å². The van der Waals surface area contributed by atoms with Crippen LogP contribution in [0.15, 0.2) is 35.2 Å². The molecule has 6 nitrogen and oxygen atoms in total. The van der Waals surface area contributed by atoms with Crippen molar-refractivity contribution in [1.82, 2.24) is 15.3 Å². The number of nitrogens with one attached hydrogen (secondary N) is 1. The number of furan rings is 1. The first kappa shape index (κ1) is 18.0. The summed E-state index contributed by atoms with van der Waals surface area (Å²) in [5.41, 5.74) is 0. The van der Waals surface area contributed by atoms with Gasteiger partial charge in [0.05, 0.1) is 11.6 Å². The highest BCUT2D eigenvalue weighted by molar-refractivity contribution is 7.18. The van der Waals surface area contributed by atoms with Crippen LogP contribution in [0.4, 0.5) is 5.82 Å². The number of aromatic nitrogens is 2. The predicted molar refractivity (Wildman–Crippen MR) is 107 cm³/mol. The first-order valence-electron chi connectivity index (χ1n) is 9.53. The highest BCUT2D eigenvalue weighted by atomic mass is 32.1. The maximum absolute atomic E-state index is 12.4. The number of thiophene rings is 1. The number of piperidine rings is 1. The van der Waals surface area contributed by atoms with E-state index in [0.717, 1.165) is 60.6 Å². The molecule has 0 unspecified atom stereocenters. The van der Waals surface area contributed by atoms with E-state index in [0.29, 0.717) is 6.54 Å². The van der Waals surface area contributed by atoms with Gasteiger partial charge in [0, 0.05) is 36.9 Å². The largest absolute Gasteiger partial charge is 0.469 e. The summed E-state index contributed by atoms with van der Waals surface area (Å²) in [6, 6.07) is 6.01. The van der Waals surface area contributed by atoms with Crippen molar-refractivity contribution in [2.75, 3.05) is 24.5 Å². The van der Waals surface area contributed by atoms with E-state index in [4.69, 9.17) is 4.42 Å². The van der Waals surface area contributed by atoms with Crippen molar-refractivity contribution in [3.63, 3.8) is 0 Å². The van der Waals surface area contributed by atoms with Crippen LogP contribution in [0.5, 0.6) is 0 Å². The van der Waals surface area contributed by atoms with Crippen LogP contribution >= 0.6 is 11.3 Å². The van der Waals surface area contributed by atoms with Gasteiger partial charge in [-0.25, -0.2) is 9.97 Å². The number of carbonyl (C=O) groups is 1. The van der Waals surface area contributed by atoms with Gasteiger partial charge in [0.25, 0.3) is 0 Å². The van der Waals surface area contributed by atoms with Crippen molar-refractivity contribution >= 4 is 33.3 Å². The minimum absolute atomic E-state index is 0.0730. The Hall–Kier alpha value is -2.41. The standard InChI is InChI=1S/C20H24N4O2S/c1-2-16-12-17-18(22-13-23-20(17)27-16)24-9-6-14(7-10-24)19(25)21-8-5-15-4-3-11-26-15/h3-4,11-14H,2,5-10H2,1H3,(H,21,25). The van der Waals surface area contributed by atoms with Crippen LogP contribution in [0.25, 0.3) is 10.2 Å². The third kappa shape index (κ3) is 3.98. The molecule has 0 radical (unpaired) electrons. The van der Waals surface area contributed by atoms with Crippen molar-refractivity contribution in [3.8, 4) is 0 Å². The Kier molecular flexibility index (Phi) is 5.38. The van der Waals surface area contributed by atoms with Crippen molar-refractivity contribution in [2.24, 2.45) is 5.92 Å². The van der Waals surface area contributed by atoms with Gasteiger partial charge in [0.15, 0.2) is 0 Å². The maximum atomic E-state index is 12.4. The van der Waals surface area contributed by atoms with Gasteiger partial charge in [-0.05, 0) is 37.5 Å². The molecule has 1 saturated heterocycles. The van der Waals surface area contributed by atoms with Gasteiger partial charge in [-0.2, -0.15) is 0 Å². The molecule has 0 atom stereocenters. The molecule has 0 aromatic carbocycles. The Balaban J connectivity index is 1.33. The third-order valence-corrected chi connectivity index (χ3v) is 6.31. The van der Waals surface area contributed by atoms with Crippen molar-refractivity contribution < 1.29 is 9.21 Å². The topological polar surface area (TPSA) is 71.3 Å². The minimum atomic E-state index is 0.0730. The molecule has 1 aliphatic heterocycles. The highest BCUT2D eigenvalue weighted by Gasteiger charge is 2.26. The Morgan fingerprint density at radius 1 is 1.37 bits per heavy atom. The van der Waals surface area contributed by atoms with E-state index in [1.165, 1.54) is 4.88 Å². The van der Waals surface area contributed by atoms with Gasteiger partial charge in [-0.15, -0.1) is 11.3 Å². The van der Waals surface area contributed by atoms with Gasteiger partial charge in [-0.3, -0.25) is 4.79 Å². The number of amides is 1. The molecule has 142 valence electrons. The van der Waals surface area contributed by atoms with Crippen LogP contribution in [0.1, 0.15) is 30.4 Å². The van der Waals surface area contributed by atoms with E-state index in [-0.39, 0.29) is 11.8 Å². The van der Waals surface area contributed by atoms with Crippen LogP contribution in [-0.4, -0.2) is 35.5 Å². The summed E-state index contributed by atoms with van der Waals surface area (Å²) in [4.78, 5) is 26.1. The molecule has 4 rings (SSSR count). The lowest BCUT2D eigenvalue weighted by molar-refractivity contribution is -0.125. The summed E-state index contributed by atoms with van der Waals surface area (Å²) < 4.78 is 5.30. The lowest BCUT2D eigenvalue weighted by Crippen LogP contribution is -2.41. The first-order valence-corrected chi connectivity index (χ1v) is 10.3. The molecule has 1 aliphatic rings. The van der Waals surface area contributed by atoms with E-state index in [1.54, 1.807) is 23.9 Å². The molecule has 3 aromatic heterocycles. The average molecular weight is 385 g/mol. The Bertz CT molecular complexity index is 898. The minimum Gasteiger partial charge on any atom is -0.469 e. The molecule has 0 bridgehead atoms. The summed E-state index contributed by atoms with van der Waals surface area (Å²) in [5.74, 6) is 2.13. The maximum Gasteiger partial charge on any atom is 0.223 e. The summed E-state index contributed by atoms with van der Waals surface area (Å²) in [7, 11) is 0. The number of carbonyl (C=O) groups excluding carboxylic acids is 1. The van der Waals surface area contributed by atoms with Gasteiger partial charge in [-0.1, -0.05) is 6.92 Å². The fourth-order valence-corrected chi connectivity index (χ4v) is 4.51. The average Bonchev–Trinajstić information content (AvgIpc) is 3.37. The van der Waals surface area contributed by atoms with Crippen molar-refractivity contribution in [1.29, 1.82) is 0 Å². The Labute approximate surface area is 162 Å². The number of aryl methyl sites for hydroxylation is 1. The van der Waals surface area contributed by atoms with E-state index in [2.05, 4.69) is 33.2 Å². The fraction of sp³-hybridized carbons (Fsp3) is 0.450. The fourth-order valence-electron chi connectivity index (χ4n) is 3.58. The number of hydrogen-bond donors (Lipinski definition) is 1. The summed E-state index contributed by atoms with van der Waals surface area (Å²) in [6.07, 6.45) is 6.76. The lowest BCUT2D eigenvalue weighted by Gasteiger charge is -2.32. The zero-order chi connectivity index (χ0) is 18.6. The first-order chi connectivity index (χ1) is 13.2. The number of hydrogen-bond acceptors (Lipinski definition) is 6. The van der Waals surface area contributed by atoms with Crippen LogP contribution in [0.3, 0.4) is 0 Å². The smallest absolute Gasteiger partial charge is 0.223 e. The molecule has 0 aliphatic carbocycles. The van der Waals surface area contributed by atoms with Crippen LogP contribution < -0.4 is 10.2 Å². The predicted octanol–water partition coefficient (Wildman–Crippen LogP) is 3.42. The number of nitrogens with zero attached hydrogens (tertiary/aromatic N) is 3. The van der Waals surface area contributed by atoms with Crippen LogP contribution in [0.2, 0.25) is 0 Å². The van der Waals surface area contributed by atoms with E-state index >= 15 is 0 Å². The summed E-state index contributed by atoms with van der Waals surface area (Å²) in [6.45, 7) is 4.47. The monoisotopic (exact) mass is 384 g/mol. The summed E-state index contributed by atoms with van der Waals surface area (Å²) in [5, 5.41) is 4.18. The number of fused-ring (bicyclic) bond motifs is 1. The molecule has 27 heavy (non-hydrogen) atoms.